The van der Waals surface area contributed by atoms with Crippen molar-refractivity contribution in [1.82, 2.24) is 15.6 Å². The Hall–Kier alpha value is -1.58. The predicted molar refractivity (Wildman–Crippen MR) is 135 cm³/mol. The molecule has 30 heavy (non-hydrogen) atoms. The van der Waals surface area contributed by atoms with Crippen LogP contribution in [0.3, 0.4) is 0 Å². The van der Waals surface area contributed by atoms with Gasteiger partial charge in [0.15, 0.2) is 5.96 Å². The number of morpholine rings is 1. The van der Waals surface area contributed by atoms with Crippen molar-refractivity contribution < 1.29 is 4.74 Å². The number of halogens is 2. The molecule has 0 radical (unpaired) electrons. The van der Waals surface area contributed by atoms with Crippen LogP contribution < -0.4 is 15.5 Å². The van der Waals surface area contributed by atoms with E-state index in [1.54, 1.807) is 7.05 Å². The van der Waals surface area contributed by atoms with E-state index >= 15 is 0 Å². The molecule has 1 aromatic carbocycles. The third-order valence-electron chi connectivity index (χ3n) is 4.88. The molecule has 164 valence electrons. The molecule has 2 atom stereocenters. The Morgan fingerprint density at radius 2 is 1.90 bits per heavy atom. The third-order valence-corrected chi connectivity index (χ3v) is 5.25. The molecule has 0 bridgehead atoms. The molecule has 8 heteroatoms. The maximum atomic E-state index is 6.21. The monoisotopic (exact) mass is 543 g/mol. The van der Waals surface area contributed by atoms with Crippen molar-refractivity contribution in [2.45, 2.75) is 39.0 Å². The number of aromatic nitrogens is 1. The summed E-state index contributed by atoms with van der Waals surface area (Å²) >= 11 is 6.21. The normalized spacial score (nSPS) is 19.2. The fourth-order valence-electron chi connectivity index (χ4n) is 3.50. The van der Waals surface area contributed by atoms with E-state index in [0.717, 1.165) is 54.0 Å². The van der Waals surface area contributed by atoms with Gasteiger partial charge < -0.3 is 20.3 Å². The van der Waals surface area contributed by atoms with Gasteiger partial charge >= 0.3 is 0 Å². The SMILES string of the molecule is CN=C(NCCc1ccccc1Cl)NCc1ccc(N2CC(C)OC(C)C2)nc1.I. The molecule has 0 amide bonds. The second-order valence-electron chi connectivity index (χ2n) is 7.38. The lowest BCUT2D eigenvalue weighted by molar-refractivity contribution is -0.00545. The smallest absolute Gasteiger partial charge is 0.191 e. The summed E-state index contributed by atoms with van der Waals surface area (Å²) in [6.07, 6.45) is 3.21. The fraction of sp³-hybridized carbons (Fsp3) is 0.455. The van der Waals surface area contributed by atoms with E-state index in [9.17, 15) is 0 Å². The van der Waals surface area contributed by atoms with Crippen LogP contribution in [-0.2, 0) is 17.7 Å². The molecule has 1 aromatic heterocycles. The maximum Gasteiger partial charge on any atom is 0.191 e. The van der Waals surface area contributed by atoms with Crippen LogP contribution in [0.2, 0.25) is 5.02 Å². The summed E-state index contributed by atoms with van der Waals surface area (Å²) in [6, 6.07) is 12.1. The molecule has 1 saturated heterocycles. The quantitative estimate of drug-likeness (QED) is 0.329. The standard InChI is InChI=1S/C22H30ClN5O.HI/c1-16-14-28(15-17(2)29-16)21-9-8-18(12-26-21)13-27-22(24-3)25-11-10-19-6-4-5-7-20(19)23;/h4-9,12,16-17H,10-11,13-15H2,1-3H3,(H2,24,25,27);1H. The first kappa shape index (κ1) is 24.7. The van der Waals surface area contributed by atoms with Crippen LogP contribution >= 0.6 is 35.6 Å². The number of hydrogen-bond donors (Lipinski definition) is 2. The first-order valence-corrected chi connectivity index (χ1v) is 10.5. The van der Waals surface area contributed by atoms with Crippen molar-refractivity contribution in [3.63, 3.8) is 0 Å². The highest BCUT2D eigenvalue weighted by Gasteiger charge is 2.22. The van der Waals surface area contributed by atoms with Crippen LogP contribution in [0, 0.1) is 0 Å². The Bertz CT molecular complexity index is 807. The van der Waals surface area contributed by atoms with Gasteiger partial charge in [-0.2, -0.15) is 0 Å². The predicted octanol–water partition coefficient (Wildman–Crippen LogP) is 3.87. The molecule has 1 fully saturated rings. The van der Waals surface area contributed by atoms with Crippen LogP contribution in [0.4, 0.5) is 5.82 Å². The van der Waals surface area contributed by atoms with Gasteiger partial charge in [0.05, 0.1) is 12.2 Å². The molecule has 2 N–H and O–H groups in total. The van der Waals surface area contributed by atoms with Gasteiger partial charge in [0, 0.05) is 44.4 Å². The topological polar surface area (TPSA) is 61.8 Å². The minimum Gasteiger partial charge on any atom is -0.372 e. The molecule has 0 spiro atoms. The zero-order valence-electron chi connectivity index (χ0n) is 17.8. The van der Waals surface area contributed by atoms with Gasteiger partial charge in [-0.25, -0.2) is 4.98 Å². The second kappa shape index (κ2) is 12.3. The summed E-state index contributed by atoms with van der Waals surface area (Å²) < 4.78 is 5.80. The lowest BCUT2D eigenvalue weighted by Crippen LogP contribution is -2.45. The van der Waals surface area contributed by atoms with Crippen molar-refractivity contribution in [3.05, 3.63) is 58.7 Å². The molecular weight excluding hydrogens is 513 g/mol. The molecule has 2 heterocycles. The Kier molecular flexibility index (Phi) is 10.1. The first-order chi connectivity index (χ1) is 14.0. The summed E-state index contributed by atoms with van der Waals surface area (Å²) in [6.45, 7) is 7.37. The van der Waals surface area contributed by atoms with E-state index in [-0.39, 0.29) is 36.2 Å². The molecule has 3 rings (SSSR count). The molecule has 2 unspecified atom stereocenters. The summed E-state index contributed by atoms with van der Waals surface area (Å²) in [7, 11) is 1.77. The summed E-state index contributed by atoms with van der Waals surface area (Å²) in [5.74, 6) is 1.76. The number of rotatable bonds is 6. The fourth-order valence-corrected chi connectivity index (χ4v) is 3.73. The third kappa shape index (κ3) is 7.28. The minimum absolute atomic E-state index is 0. The van der Waals surface area contributed by atoms with E-state index < -0.39 is 0 Å². The molecule has 0 aliphatic carbocycles. The van der Waals surface area contributed by atoms with Crippen LogP contribution in [0.5, 0.6) is 0 Å². The van der Waals surface area contributed by atoms with Gasteiger partial charge in [0.25, 0.3) is 0 Å². The van der Waals surface area contributed by atoms with Crippen LogP contribution in [-0.4, -0.2) is 49.8 Å². The lowest BCUT2D eigenvalue weighted by atomic mass is 10.1. The second-order valence-corrected chi connectivity index (χ2v) is 7.79. The number of aliphatic imine (C=N–C) groups is 1. The van der Waals surface area contributed by atoms with Gasteiger partial charge in [0.1, 0.15) is 5.82 Å². The average molecular weight is 544 g/mol. The highest BCUT2D eigenvalue weighted by Crippen LogP contribution is 2.18. The Morgan fingerprint density at radius 1 is 1.17 bits per heavy atom. The van der Waals surface area contributed by atoms with E-state index in [0.29, 0.717) is 6.54 Å². The van der Waals surface area contributed by atoms with Crippen molar-refractivity contribution in [3.8, 4) is 0 Å². The van der Waals surface area contributed by atoms with Crippen LogP contribution in [0.1, 0.15) is 25.0 Å². The van der Waals surface area contributed by atoms with E-state index in [1.807, 2.05) is 30.5 Å². The number of benzene rings is 1. The van der Waals surface area contributed by atoms with E-state index in [2.05, 4.69) is 51.5 Å². The van der Waals surface area contributed by atoms with E-state index in [1.165, 1.54) is 0 Å². The zero-order chi connectivity index (χ0) is 20.6. The van der Waals surface area contributed by atoms with Gasteiger partial charge in [-0.15, -0.1) is 24.0 Å². The highest BCUT2D eigenvalue weighted by atomic mass is 127. The van der Waals surface area contributed by atoms with Crippen LogP contribution in [0.15, 0.2) is 47.6 Å². The molecular formula is C22H31ClIN5O. The van der Waals surface area contributed by atoms with Crippen molar-refractivity contribution in [2.24, 2.45) is 4.99 Å². The minimum atomic E-state index is 0. The number of anilines is 1. The summed E-state index contributed by atoms with van der Waals surface area (Å²) in [5, 5.41) is 7.46. The Morgan fingerprint density at radius 3 is 2.53 bits per heavy atom. The molecule has 2 aromatic rings. The molecule has 6 nitrogen and oxygen atoms in total. The van der Waals surface area contributed by atoms with Gasteiger partial charge in [-0.1, -0.05) is 35.9 Å². The number of nitrogens with one attached hydrogen (secondary N) is 2. The van der Waals surface area contributed by atoms with Gasteiger partial charge in [0.2, 0.25) is 0 Å². The van der Waals surface area contributed by atoms with Crippen molar-refractivity contribution >= 4 is 47.4 Å². The number of guanidine groups is 1. The average Bonchev–Trinajstić information content (AvgIpc) is 2.71. The number of nitrogens with zero attached hydrogens (tertiary/aromatic N) is 3. The van der Waals surface area contributed by atoms with Crippen molar-refractivity contribution in [2.75, 3.05) is 31.6 Å². The zero-order valence-corrected chi connectivity index (χ0v) is 20.9. The number of hydrogen-bond acceptors (Lipinski definition) is 4. The maximum absolute atomic E-state index is 6.21. The number of ether oxygens (including phenoxy) is 1. The molecule has 1 aliphatic rings. The summed E-state index contributed by atoms with van der Waals surface area (Å²) in [5.41, 5.74) is 2.24. The Balaban J connectivity index is 0.00000320. The van der Waals surface area contributed by atoms with Gasteiger partial charge in [-0.05, 0) is 43.5 Å². The number of pyridine rings is 1. The van der Waals surface area contributed by atoms with E-state index in [4.69, 9.17) is 16.3 Å². The largest absolute Gasteiger partial charge is 0.372 e. The lowest BCUT2D eigenvalue weighted by Gasteiger charge is -2.36. The van der Waals surface area contributed by atoms with Gasteiger partial charge in [-0.3, -0.25) is 4.99 Å². The Labute approximate surface area is 201 Å². The first-order valence-electron chi connectivity index (χ1n) is 10.1. The molecule has 1 aliphatic heterocycles. The highest BCUT2D eigenvalue weighted by molar-refractivity contribution is 14.0. The summed E-state index contributed by atoms with van der Waals surface area (Å²) in [4.78, 5) is 11.2. The van der Waals surface area contributed by atoms with Crippen molar-refractivity contribution in [1.29, 1.82) is 0 Å². The van der Waals surface area contributed by atoms with Crippen LogP contribution in [0.25, 0.3) is 0 Å². The molecule has 0 saturated carbocycles.